The minimum atomic E-state index is -0.681. The molecule has 0 heterocycles. The normalized spacial score (nSPS) is 12.2. The lowest BCUT2D eigenvalue weighted by Gasteiger charge is -2.31. The van der Waals surface area contributed by atoms with Crippen LogP contribution in [0, 0.1) is 5.92 Å². The first kappa shape index (κ1) is 29.4. The summed E-state index contributed by atoms with van der Waals surface area (Å²) >= 11 is 3.60. The van der Waals surface area contributed by atoms with Crippen LogP contribution in [-0.4, -0.2) is 35.9 Å². The molecule has 38 heavy (non-hydrogen) atoms. The third kappa shape index (κ3) is 8.73. The fraction of sp³-hybridized carbons (Fsp3) is 0.375. The number of nitrogens with zero attached hydrogens (tertiary/aromatic N) is 1. The Bertz CT molecular complexity index is 1190. The second-order valence-corrected chi connectivity index (χ2v) is 11.9. The fourth-order valence-corrected chi connectivity index (χ4v) is 4.56. The zero-order chi connectivity index (χ0) is 27.7. The van der Waals surface area contributed by atoms with Crippen LogP contribution in [0.15, 0.2) is 83.3 Å². The molecule has 3 rings (SSSR count). The van der Waals surface area contributed by atoms with E-state index in [1.807, 2.05) is 78.9 Å². The van der Waals surface area contributed by atoms with Crippen molar-refractivity contribution in [3.63, 3.8) is 0 Å². The highest BCUT2D eigenvalue weighted by atomic mass is 79.9. The Balaban J connectivity index is 1.88. The highest BCUT2D eigenvalue weighted by Crippen LogP contribution is 2.31. The molecule has 0 saturated heterocycles. The molecule has 1 atom stereocenters. The predicted octanol–water partition coefficient (Wildman–Crippen LogP) is 6.54. The van der Waals surface area contributed by atoms with Gasteiger partial charge in [0.15, 0.2) is 6.61 Å². The molecule has 0 bridgehead atoms. The van der Waals surface area contributed by atoms with Crippen molar-refractivity contribution in [2.24, 2.45) is 5.92 Å². The van der Waals surface area contributed by atoms with Crippen LogP contribution in [0.3, 0.4) is 0 Å². The van der Waals surface area contributed by atoms with E-state index in [0.29, 0.717) is 31.2 Å². The van der Waals surface area contributed by atoms with Crippen molar-refractivity contribution in [1.29, 1.82) is 0 Å². The van der Waals surface area contributed by atoms with Crippen LogP contribution < -0.4 is 10.1 Å². The van der Waals surface area contributed by atoms with Crippen LogP contribution in [0.1, 0.15) is 51.3 Å². The monoisotopic (exact) mass is 578 g/mol. The number of nitrogens with one attached hydrogen (secondary N) is 1. The summed E-state index contributed by atoms with van der Waals surface area (Å²) in [7, 11) is 0. The van der Waals surface area contributed by atoms with Gasteiger partial charge < -0.3 is 15.0 Å². The lowest BCUT2D eigenvalue weighted by Crippen LogP contribution is -2.52. The molecular weight excluding hydrogens is 540 g/mol. The number of amides is 2. The van der Waals surface area contributed by atoms with Crippen LogP contribution in [0.2, 0.25) is 0 Å². The standard InChI is InChI=1S/C32H39BrN2O3/c1-23(2)20-34-31(37)28(18-24-12-8-6-9-13-24)35(21-25-14-10-7-11-15-25)30(36)22-38-29-17-16-26(19-27(29)33)32(3,4)5/h6-17,19,23,28H,18,20-22H2,1-5H3,(H,34,37)/t28-/m0/s1. The molecule has 3 aromatic rings. The molecule has 0 fully saturated rings. The summed E-state index contributed by atoms with van der Waals surface area (Å²) in [6.07, 6.45) is 0.410. The van der Waals surface area contributed by atoms with Gasteiger partial charge in [-0.1, -0.05) is 101 Å². The maximum atomic E-state index is 13.7. The maximum Gasteiger partial charge on any atom is 0.261 e. The van der Waals surface area contributed by atoms with Gasteiger partial charge in [-0.25, -0.2) is 0 Å². The van der Waals surface area contributed by atoms with E-state index < -0.39 is 6.04 Å². The molecule has 3 aromatic carbocycles. The number of benzene rings is 3. The number of halogens is 1. The summed E-state index contributed by atoms with van der Waals surface area (Å²) in [6.45, 7) is 11.2. The largest absolute Gasteiger partial charge is 0.483 e. The lowest BCUT2D eigenvalue weighted by atomic mass is 9.87. The number of hydrogen-bond acceptors (Lipinski definition) is 3. The quantitative estimate of drug-likeness (QED) is 0.281. The van der Waals surface area contributed by atoms with Gasteiger partial charge in [0.2, 0.25) is 5.91 Å². The van der Waals surface area contributed by atoms with Crippen LogP contribution >= 0.6 is 15.9 Å². The van der Waals surface area contributed by atoms with Crippen molar-refractivity contribution in [2.45, 2.75) is 59.0 Å². The summed E-state index contributed by atoms with van der Waals surface area (Å²) in [5.74, 6) is 0.477. The first-order valence-electron chi connectivity index (χ1n) is 13.1. The van der Waals surface area contributed by atoms with Gasteiger partial charge in [-0.3, -0.25) is 9.59 Å². The summed E-state index contributed by atoms with van der Waals surface area (Å²) < 4.78 is 6.79. The van der Waals surface area contributed by atoms with E-state index in [0.717, 1.165) is 15.6 Å². The first-order valence-corrected chi connectivity index (χ1v) is 13.9. The zero-order valence-corrected chi connectivity index (χ0v) is 24.6. The molecule has 0 aliphatic rings. The van der Waals surface area contributed by atoms with Crippen LogP contribution in [0.4, 0.5) is 0 Å². The molecule has 0 aromatic heterocycles. The number of hydrogen-bond donors (Lipinski definition) is 1. The Morgan fingerprint density at radius 2 is 1.53 bits per heavy atom. The molecule has 0 aliphatic carbocycles. The van der Waals surface area contributed by atoms with Crippen molar-refractivity contribution in [3.05, 3.63) is 100 Å². The van der Waals surface area contributed by atoms with Gasteiger partial charge in [-0.15, -0.1) is 0 Å². The average molecular weight is 580 g/mol. The Morgan fingerprint density at radius 1 is 0.921 bits per heavy atom. The Hall–Kier alpha value is -3.12. The van der Waals surface area contributed by atoms with Gasteiger partial charge in [-0.05, 0) is 56.1 Å². The molecule has 202 valence electrons. The first-order chi connectivity index (χ1) is 18.0. The number of ether oxygens (including phenoxy) is 1. The summed E-state index contributed by atoms with van der Waals surface area (Å²) in [6, 6.07) is 24.8. The van der Waals surface area contributed by atoms with Crippen molar-refractivity contribution in [1.82, 2.24) is 10.2 Å². The Kier molecular flexibility index (Phi) is 10.5. The highest BCUT2D eigenvalue weighted by molar-refractivity contribution is 9.10. The van der Waals surface area contributed by atoms with Crippen molar-refractivity contribution < 1.29 is 14.3 Å². The summed E-state index contributed by atoms with van der Waals surface area (Å²) in [5, 5.41) is 3.05. The number of rotatable bonds is 11. The lowest BCUT2D eigenvalue weighted by molar-refractivity contribution is -0.142. The van der Waals surface area contributed by atoms with E-state index in [1.165, 1.54) is 5.56 Å². The minimum absolute atomic E-state index is 0.00262. The van der Waals surface area contributed by atoms with Gasteiger partial charge in [0, 0.05) is 19.5 Å². The topological polar surface area (TPSA) is 58.6 Å². The molecule has 1 N–H and O–H groups in total. The molecule has 2 amide bonds. The van der Waals surface area contributed by atoms with Crippen LogP contribution in [-0.2, 0) is 28.0 Å². The van der Waals surface area contributed by atoms with Crippen molar-refractivity contribution >= 4 is 27.7 Å². The molecule has 0 aliphatic heterocycles. The molecule has 0 saturated carbocycles. The zero-order valence-electron chi connectivity index (χ0n) is 23.0. The van der Waals surface area contributed by atoms with E-state index in [4.69, 9.17) is 4.74 Å². The van der Waals surface area contributed by atoms with Gasteiger partial charge in [0.1, 0.15) is 11.8 Å². The average Bonchev–Trinajstić information content (AvgIpc) is 2.89. The molecule has 0 spiro atoms. The van der Waals surface area contributed by atoms with E-state index in [9.17, 15) is 9.59 Å². The summed E-state index contributed by atoms with van der Waals surface area (Å²) in [5.41, 5.74) is 3.10. The smallest absolute Gasteiger partial charge is 0.261 e. The van der Waals surface area contributed by atoms with Gasteiger partial charge in [0.05, 0.1) is 4.47 Å². The maximum absolute atomic E-state index is 13.7. The third-order valence-electron chi connectivity index (χ3n) is 6.30. The van der Waals surface area contributed by atoms with Gasteiger partial charge in [0.25, 0.3) is 5.91 Å². The predicted molar refractivity (Wildman–Crippen MR) is 157 cm³/mol. The molecule has 6 heteroatoms. The Labute approximate surface area is 235 Å². The van der Waals surface area contributed by atoms with Crippen LogP contribution in [0.5, 0.6) is 5.75 Å². The second-order valence-electron chi connectivity index (χ2n) is 11.0. The van der Waals surface area contributed by atoms with E-state index >= 15 is 0 Å². The van der Waals surface area contributed by atoms with E-state index in [2.05, 4.69) is 55.9 Å². The molecule has 0 unspecified atom stereocenters. The van der Waals surface area contributed by atoms with Gasteiger partial charge >= 0.3 is 0 Å². The molecule has 0 radical (unpaired) electrons. The Morgan fingerprint density at radius 3 is 2.08 bits per heavy atom. The SMILES string of the molecule is CC(C)CNC(=O)[C@H](Cc1ccccc1)N(Cc1ccccc1)C(=O)COc1ccc(C(C)(C)C)cc1Br. The summed E-state index contributed by atoms with van der Waals surface area (Å²) in [4.78, 5) is 28.9. The van der Waals surface area contributed by atoms with Crippen molar-refractivity contribution in [3.8, 4) is 5.75 Å². The van der Waals surface area contributed by atoms with Crippen molar-refractivity contribution in [2.75, 3.05) is 13.2 Å². The highest BCUT2D eigenvalue weighted by Gasteiger charge is 2.31. The molecule has 5 nitrogen and oxygen atoms in total. The fourth-order valence-electron chi connectivity index (χ4n) is 4.06. The third-order valence-corrected chi connectivity index (χ3v) is 6.92. The number of carbonyl (C=O) groups is 2. The van der Waals surface area contributed by atoms with Gasteiger partial charge in [-0.2, -0.15) is 0 Å². The van der Waals surface area contributed by atoms with E-state index in [1.54, 1.807) is 4.90 Å². The van der Waals surface area contributed by atoms with E-state index in [-0.39, 0.29) is 23.8 Å². The number of carbonyl (C=O) groups excluding carboxylic acids is 2. The second kappa shape index (κ2) is 13.6. The van der Waals surface area contributed by atoms with Crippen LogP contribution in [0.25, 0.3) is 0 Å². The minimum Gasteiger partial charge on any atom is -0.483 e. The molecular formula is C32H39BrN2O3.